The molecule has 0 aromatic heterocycles. The molecule has 1 N–H and O–H groups in total. The highest BCUT2D eigenvalue weighted by atomic mass is 16.2. The van der Waals surface area contributed by atoms with Crippen molar-refractivity contribution in [1.82, 2.24) is 0 Å². The predicted octanol–water partition coefficient (Wildman–Crippen LogP) is 4.77. The molecule has 33 heavy (non-hydrogen) atoms. The summed E-state index contributed by atoms with van der Waals surface area (Å²) in [5.74, 6) is -1.01. The van der Waals surface area contributed by atoms with Crippen molar-refractivity contribution < 1.29 is 19.2 Å². The molecule has 6 heteroatoms. The zero-order valence-corrected chi connectivity index (χ0v) is 17.7. The Morgan fingerprint density at radius 3 is 2.09 bits per heavy atom. The van der Waals surface area contributed by atoms with Crippen LogP contribution in [0.2, 0.25) is 0 Å². The minimum Gasteiger partial charge on any atom is -0.357 e. The number of nitrogens with one attached hydrogen (secondary N) is 1. The molecule has 5 rings (SSSR count). The highest BCUT2D eigenvalue weighted by molar-refractivity contribution is 6.35. The van der Waals surface area contributed by atoms with Gasteiger partial charge in [0.2, 0.25) is 0 Å². The predicted molar refractivity (Wildman–Crippen MR) is 124 cm³/mol. The smallest absolute Gasteiger partial charge is 0.266 e. The highest BCUT2D eigenvalue weighted by Gasteiger charge is 2.37. The van der Waals surface area contributed by atoms with E-state index in [9.17, 15) is 19.2 Å². The van der Waals surface area contributed by atoms with Gasteiger partial charge in [-0.25, -0.2) is 4.90 Å². The van der Waals surface area contributed by atoms with Gasteiger partial charge in [0.1, 0.15) is 0 Å². The maximum absolute atomic E-state index is 13.1. The Kier molecular flexibility index (Phi) is 5.18. The number of allylic oxidation sites excluding steroid dienone is 2. The third kappa shape index (κ3) is 3.76. The topological polar surface area (TPSA) is 83.6 Å². The Hall–Kier alpha value is -4.32. The van der Waals surface area contributed by atoms with E-state index in [1.54, 1.807) is 72.8 Å². The molecule has 0 spiro atoms. The van der Waals surface area contributed by atoms with Gasteiger partial charge in [-0.05, 0) is 43.2 Å². The Balaban J connectivity index is 1.59. The lowest BCUT2D eigenvalue weighted by molar-refractivity contribution is -0.115. The monoisotopic (exact) mass is 436 g/mol. The third-order valence-corrected chi connectivity index (χ3v) is 5.83. The number of benzene rings is 3. The summed E-state index contributed by atoms with van der Waals surface area (Å²) in [7, 11) is 0. The van der Waals surface area contributed by atoms with E-state index >= 15 is 0 Å². The molecule has 3 aromatic rings. The zero-order chi connectivity index (χ0) is 22.9. The maximum Gasteiger partial charge on any atom is 0.266 e. The number of anilines is 2. The molecule has 2 aliphatic rings. The van der Waals surface area contributed by atoms with Gasteiger partial charge in [0.05, 0.1) is 22.5 Å². The van der Waals surface area contributed by atoms with E-state index in [4.69, 9.17) is 0 Å². The van der Waals surface area contributed by atoms with Crippen LogP contribution in [0.5, 0.6) is 0 Å². The first-order chi connectivity index (χ1) is 16.0. The summed E-state index contributed by atoms with van der Waals surface area (Å²) in [4.78, 5) is 52.3. The standard InChI is InChI=1S/C27H20N2O4/c30-20-10-6-9-19(16-20)28-23-15-18(25(31)17-7-2-1-3-8-17)13-14-24(23)29-26(32)21-11-4-5-12-22(21)27(29)33/h1-5,7-8,11-16,28H,6,9-10H2. The van der Waals surface area contributed by atoms with Crippen molar-refractivity contribution in [3.8, 4) is 0 Å². The lowest BCUT2D eigenvalue weighted by atomic mass is 10.0. The van der Waals surface area contributed by atoms with Crippen LogP contribution in [0.4, 0.5) is 11.4 Å². The first kappa shape index (κ1) is 20.6. The van der Waals surface area contributed by atoms with Crippen LogP contribution >= 0.6 is 0 Å². The lowest BCUT2D eigenvalue weighted by Gasteiger charge is -2.22. The first-order valence-electron chi connectivity index (χ1n) is 10.7. The lowest BCUT2D eigenvalue weighted by Crippen LogP contribution is -2.30. The molecule has 0 atom stereocenters. The SMILES string of the molecule is O=C1C=C(Nc2cc(C(=O)c3ccccc3)ccc2N2C(=O)c3ccccc3C2=O)CCC1. The molecule has 1 aliphatic heterocycles. The number of hydrogen-bond acceptors (Lipinski definition) is 5. The maximum atomic E-state index is 13.1. The number of hydrogen-bond donors (Lipinski definition) is 1. The fraction of sp³-hybridized carbons (Fsp3) is 0.111. The summed E-state index contributed by atoms with van der Waals surface area (Å²) in [5.41, 5.74) is 3.07. The molecule has 1 aliphatic carbocycles. The molecule has 0 unspecified atom stereocenters. The number of ketones is 2. The Bertz CT molecular complexity index is 1310. The van der Waals surface area contributed by atoms with Crippen LogP contribution in [0.1, 0.15) is 55.9 Å². The summed E-state index contributed by atoms with van der Waals surface area (Å²) in [6, 6.07) is 20.4. The van der Waals surface area contributed by atoms with Gasteiger partial charge >= 0.3 is 0 Å². The van der Waals surface area contributed by atoms with Gasteiger partial charge in [-0.3, -0.25) is 19.2 Å². The molecule has 162 valence electrons. The largest absolute Gasteiger partial charge is 0.357 e. The van der Waals surface area contributed by atoms with E-state index in [-0.39, 0.29) is 11.6 Å². The van der Waals surface area contributed by atoms with Crippen molar-refractivity contribution in [1.29, 1.82) is 0 Å². The number of carbonyl (C=O) groups is 4. The Morgan fingerprint density at radius 2 is 1.42 bits per heavy atom. The van der Waals surface area contributed by atoms with Gasteiger partial charge in [0.15, 0.2) is 11.6 Å². The minimum atomic E-state index is -0.422. The van der Waals surface area contributed by atoms with Crippen LogP contribution in [0.3, 0.4) is 0 Å². The number of amides is 2. The molecule has 6 nitrogen and oxygen atoms in total. The fourth-order valence-corrected chi connectivity index (χ4v) is 4.20. The Morgan fingerprint density at radius 1 is 0.758 bits per heavy atom. The average Bonchev–Trinajstić information content (AvgIpc) is 3.09. The van der Waals surface area contributed by atoms with E-state index in [0.717, 1.165) is 4.90 Å². The van der Waals surface area contributed by atoms with Crippen LogP contribution in [0, 0.1) is 0 Å². The molecule has 0 radical (unpaired) electrons. The van der Waals surface area contributed by atoms with Gasteiger partial charge in [0, 0.05) is 29.3 Å². The molecule has 0 bridgehead atoms. The highest BCUT2D eigenvalue weighted by Crippen LogP contribution is 2.36. The quantitative estimate of drug-likeness (QED) is 0.460. The number of imide groups is 1. The van der Waals surface area contributed by atoms with E-state index in [0.29, 0.717) is 58.6 Å². The van der Waals surface area contributed by atoms with Crippen molar-refractivity contribution >= 4 is 34.8 Å². The van der Waals surface area contributed by atoms with E-state index in [1.165, 1.54) is 0 Å². The van der Waals surface area contributed by atoms with Crippen LogP contribution in [-0.4, -0.2) is 23.4 Å². The second kappa shape index (κ2) is 8.31. The minimum absolute atomic E-state index is 0.0162. The summed E-state index contributed by atoms with van der Waals surface area (Å²) in [6.07, 6.45) is 3.40. The summed E-state index contributed by atoms with van der Waals surface area (Å²) in [6.45, 7) is 0. The van der Waals surface area contributed by atoms with E-state index < -0.39 is 11.8 Å². The van der Waals surface area contributed by atoms with Crippen molar-refractivity contribution in [2.75, 3.05) is 10.2 Å². The number of carbonyl (C=O) groups excluding carboxylic acids is 4. The van der Waals surface area contributed by atoms with E-state index in [2.05, 4.69) is 5.32 Å². The van der Waals surface area contributed by atoms with Gasteiger partial charge in [-0.15, -0.1) is 0 Å². The second-order valence-corrected chi connectivity index (χ2v) is 8.03. The molecule has 0 saturated carbocycles. The van der Waals surface area contributed by atoms with Crippen molar-refractivity contribution in [2.24, 2.45) is 0 Å². The second-order valence-electron chi connectivity index (χ2n) is 8.03. The van der Waals surface area contributed by atoms with E-state index in [1.807, 2.05) is 6.07 Å². The Labute approximate surface area is 190 Å². The summed E-state index contributed by atoms with van der Waals surface area (Å²) in [5, 5.41) is 3.21. The van der Waals surface area contributed by atoms with Gasteiger partial charge in [-0.2, -0.15) is 0 Å². The van der Waals surface area contributed by atoms with Crippen LogP contribution in [0.25, 0.3) is 0 Å². The average molecular weight is 436 g/mol. The molecular formula is C27H20N2O4. The first-order valence-corrected chi connectivity index (χ1v) is 10.7. The van der Waals surface area contributed by atoms with Gasteiger partial charge in [-0.1, -0.05) is 42.5 Å². The van der Waals surface area contributed by atoms with Crippen LogP contribution < -0.4 is 10.2 Å². The normalized spacial score (nSPS) is 15.3. The van der Waals surface area contributed by atoms with Crippen molar-refractivity contribution in [3.63, 3.8) is 0 Å². The molecule has 0 saturated heterocycles. The molecule has 0 fully saturated rings. The van der Waals surface area contributed by atoms with Crippen LogP contribution in [0.15, 0.2) is 84.6 Å². The third-order valence-electron chi connectivity index (χ3n) is 5.83. The van der Waals surface area contributed by atoms with Crippen molar-refractivity contribution in [2.45, 2.75) is 19.3 Å². The fourth-order valence-electron chi connectivity index (χ4n) is 4.20. The van der Waals surface area contributed by atoms with Crippen molar-refractivity contribution in [3.05, 3.63) is 107 Å². The molecule has 1 heterocycles. The summed E-state index contributed by atoms with van der Waals surface area (Å²) < 4.78 is 0. The molecular weight excluding hydrogens is 416 g/mol. The van der Waals surface area contributed by atoms with Gasteiger partial charge < -0.3 is 5.32 Å². The molecule has 2 amide bonds. The number of nitrogens with zero attached hydrogens (tertiary/aromatic N) is 1. The van der Waals surface area contributed by atoms with Crippen LogP contribution in [-0.2, 0) is 4.79 Å². The number of rotatable bonds is 5. The number of fused-ring (bicyclic) bond motifs is 1. The summed E-state index contributed by atoms with van der Waals surface area (Å²) >= 11 is 0. The zero-order valence-electron chi connectivity index (χ0n) is 17.7. The molecule has 3 aromatic carbocycles. The van der Waals surface area contributed by atoms with Gasteiger partial charge in [0.25, 0.3) is 11.8 Å².